The molecule has 1 amide bonds. The van der Waals surface area contributed by atoms with Gasteiger partial charge in [0, 0.05) is 31.1 Å². The monoisotopic (exact) mass is 312 g/mol. The standard InChI is InChI=1S/C18H24N4O/c1-4-21-12-19-20-17(21)15-5-7-22(8-6-15)18(23)16-10-13(2)9-14(3)11-16/h9-12,15H,4-8H2,1-3H3. The topological polar surface area (TPSA) is 51.0 Å². The van der Waals surface area contributed by atoms with Gasteiger partial charge in [-0.25, -0.2) is 0 Å². The Bertz CT molecular complexity index is 679. The van der Waals surface area contributed by atoms with Crippen LogP contribution in [-0.2, 0) is 6.54 Å². The van der Waals surface area contributed by atoms with Crippen molar-refractivity contribution in [2.75, 3.05) is 13.1 Å². The van der Waals surface area contributed by atoms with E-state index in [1.807, 2.05) is 30.9 Å². The number of nitrogens with zero attached hydrogens (tertiary/aromatic N) is 4. The van der Waals surface area contributed by atoms with Gasteiger partial charge in [0.25, 0.3) is 5.91 Å². The molecule has 23 heavy (non-hydrogen) atoms. The number of hydrogen-bond acceptors (Lipinski definition) is 3. The molecule has 1 aromatic carbocycles. The first-order chi connectivity index (χ1) is 11.1. The molecule has 0 unspecified atom stereocenters. The van der Waals surface area contributed by atoms with Gasteiger partial charge in [-0.3, -0.25) is 4.79 Å². The highest BCUT2D eigenvalue weighted by Gasteiger charge is 2.27. The van der Waals surface area contributed by atoms with Gasteiger partial charge in [-0.15, -0.1) is 10.2 Å². The van der Waals surface area contributed by atoms with E-state index in [1.165, 1.54) is 0 Å². The van der Waals surface area contributed by atoms with E-state index in [-0.39, 0.29) is 5.91 Å². The van der Waals surface area contributed by atoms with Crippen LogP contribution >= 0.6 is 0 Å². The SMILES string of the molecule is CCn1cnnc1C1CCN(C(=O)c2cc(C)cc(C)c2)CC1. The van der Waals surface area contributed by atoms with Crippen LogP contribution in [0.15, 0.2) is 24.5 Å². The number of likely N-dealkylation sites (tertiary alicyclic amines) is 1. The Morgan fingerprint density at radius 3 is 2.43 bits per heavy atom. The lowest BCUT2D eigenvalue weighted by molar-refractivity contribution is 0.0710. The van der Waals surface area contributed by atoms with E-state index in [0.29, 0.717) is 5.92 Å². The molecule has 0 N–H and O–H groups in total. The highest BCUT2D eigenvalue weighted by molar-refractivity contribution is 5.94. The van der Waals surface area contributed by atoms with Gasteiger partial charge < -0.3 is 9.47 Å². The van der Waals surface area contributed by atoms with Crippen molar-refractivity contribution in [2.24, 2.45) is 0 Å². The van der Waals surface area contributed by atoms with Gasteiger partial charge in [-0.2, -0.15) is 0 Å². The first-order valence-electron chi connectivity index (χ1n) is 8.33. The molecule has 0 radical (unpaired) electrons. The van der Waals surface area contributed by atoms with Crippen LogP contribution in [0.1, 0.15) is 53.0 Å². The van der Waals surface area contributed by atoms with Crippen molar-refractivity contribution in [2.45, 2.75) is 46.1 Å². The lowest BCUT2D eigenvalue weighted by Gasteiger charge is -2.31. The largest absolute Gasteiger partial charge is 0.339 e. The molecule has 0 saturated carbocycles. The molecule has 0 atom stereocenters. The molecule has 0 spiro atoms. The number of piperidine rings is 1. The summed E-state index contributed by atoms with van der Waals surface area (Å²) in [6, 6.07) is 6.06. The van der Waals surface area contributed by atoms with Crippen LogP contribution in [0.5, 0.6) is 0 Å². The highest BCUT2D eigenvalue weighted by Crippen LogP contribution is 2.27. The zero-order valence-corrected chi connectivity index (χ0v) is 14.1. The fraction of sp³-hybridized carbons (Fsp3) is 0.500. The molecular weight excluding hydrogens is 288 g/mol. The van der Waals surface area contributed by atoms with Crippen molar-refractivity contribution in [3.8, 4) is 0 Å². The number of amides is 1. The first kappa shape index (κ1) is 15.7. The van der Waals surface area contributed by atoms with Crippen molar-refractivity contribution in [3.05, 3.63) is 47.0 Å². The zero-order valence-electron chi connectivity index (χ0n) is 14.1. The third-order valence-electron chi connectivity index (χ3n) is 4.60. The van der Waals surface area contributed by atoms with Crippen LogP contribution in [0.2, 0.25) is 0 Å². The summed E-state index contributed by atoms with van der Waals surface area (Å²) in [5.41, 5.74) is 3.08. The average molecular weight is 312 g/mol. The number of carbonyl (C=O) groups is 1. The second-order valence-corrected chi connectivity index (χ2v) is 6.42. The summed E-state index contributed by atoms with van der Waals surface area (Å²) in [4.78, 5) is 14.7. The number of hydrogen-bond donors (Lipinski definition) is 0. The zero-order chi connectivity index (χ0) is 16.4. The molecule has 5 nitrogen and oxygen atoms in total. The molecule has 1 fully saturated rings. The minimum atomic E-state index is 0.146. The lowest BCUT2D eigenvalue weighted by Crippen LogP contribution is -2.38. The highest BCUT2D eigenvalue weighted by atomic mass is 16.2. The summed E-state index contributed by atoms with van der Waals surface area (Å²) >= 11 is 0. The molecule has 3 rings (SSSR count). The third-order valence-corrected chi connectivity index (χ3v) is 4.60. The smallest absolute Gasteiger partial charge is 0.253 e. The predicted octanol–water partition coefficient (Wildman–Crippen LogP) is 2.93. The maximum absolute atomic E-state index is 12.7. The molecule has 0 bridgehead atoms. The van der Waals surface area contributed by atoms with Crippen LogP contribution in [0, 0.1) is 13.8 Å². The molecule has 5 heteroatoms. The van der Waals surface area contributed by atoms with Gasteiger partial charge in [0.1, 0.15) is 12.2 Å². The molecule has 122 valence electrons. The van der Waals surface area contributed by atoms with E-state index in [1.54, 1.807) is 6.33 Å². The Morgan fingerprint density at radius 2 is 1.83 bits per heavy atom. The molecule has 2 aromatic rings. The second-order valence-electron chi connectivity index (χ2n) is 6.42. The Kier molecular flexibility index (Phi) is 4.46. The van der Waals surface area contributed by atoms with Crippen LogP contribution in [0.4, 0.5) is 0 Å². The molecule has 0 aliphatic carbocycles. The van der Waals surface area contributed by atoms with Crippen molar-refractivity contribution in [3.63, 3.8) is 0 Å². The molecule has 1 aliphatic rings. The van der Waals surface area contributed by atoms with Crippen LogP contribution < -0.4 is 0 Å². The summed E-state index contributed by atoms with van der Waals surface area (Å²) in [5.74, 6) is 1.61. The number of aromatic nitrogens is 3. The van der Waals surface area contributed by atoms with Gasteiger partial charge in [-0.05, 0) is 45.7 Å². The molecule has 1 aliphatic heterocycles. The Balaban J connectivity index is 1.68. The molecule has 2 heterocycles. The number of aryl methyl sites for hydroxylation is 3. The van der Waals surface area contributed by atoms with Gasteiger partial charge in [0.15, 0.2) is 0 Å². The summed E-state index contributed by atoms with van der Waals surface area (Å²) < 4.78 is 2.10. The van der Waals surface area contributed by atoms with E-state index in [9.17, 15) is 4.79 Å². The van der Waals surface area contributed by atoms with E-state index in [4.69, 9.17) is 0 Å². The van der Waals surface area contributed by atoms with E-state index < -0.39 is 0 Å². The number of benzene rings is 1. The Labute approximate surface area is 137 Å². The van der Waals surface area contributed by atoms with E-state index in [0.717, 1.165) is 55.0 Å². The van der Waals surface area contributed by atoms with E-state index in [2.05, 4.69) is 27.8 Å². The summed E-state index contributed by atoms with van der Waals surface area (Å²) in [6.45, 7) is 8.64. The summed E-state index contributed by atoms with van der Waals surface area (Å²) in [6.07, 6.45) is 3.70. The summed E-state index contributed by atoms with van der Waals surface area (Å²) in [7, 11) is 0. The predicted molar refractivity (Wildman–Crippen MR) is 89.5 cm³/mol. The van der Waals surface area contributed by atoms with E-state index >= 15 is 0 Å². The van der Waals surface area contributed by atoms with Crippen molar-refractivity contribution in [1.29, 1.82) is 0 Å². The van der Waals surface area contributed by atoms with Crippen LogP contribution in [0.3, 0.4) is 0 Å². The number of rotatable bonds is 3. The quantitative estimate of drug-likeness (QED) is 0.875. The average Bonchev–Trinajstić information content (AvgIpc) is 3.02. The summed E-state index contributed by atoms with van der Waals surface area (Å²) in [5, 5.41) is 8.29. The third kappa shape index (κ3) is 3.28. The molecule has 1 aromatic heterocycles. The van der Waals surface area contributed by atoms with Gasteiger partial charge >= 0.3 is 0 Å². The number of carbonyl (C=O) groups excluding carboxylic acids is 1. The second kappa shape index (κ2) is 6.52. The minimum Gasteiger partial charge on any atom is -0.339 e. The maximum Gasteiger partial charge on any atom is 0.253 e. The van der Waals surface area contributed by atoms with Crippen LogP contribution in [0.25, 0.3) is 0 Å². The van der Waals surface area contributed by atoms with Gasteiger partial charge in [0.2, 0.25) is 0 Å². The van der Waals surface area contributed by atoms with Crippen LogP contribution in [-0.4, -0.2) is 38.7 Å². The van der Waals surface area contributed by atoms with Gasteiger partial charge in [0.05, 0.1) is 0 Å². The normalized spacial score (nSPS) is 15.9. The van der Waals surface area contributed by atoms with Crippen molar-refractivity contribution in [1.82, 2.24) is 19.7 Å². The maximum atomic E-state index is 12.7. The lowest BCUT2D eigenvalue weighted by atomic mass is 9.95. The fourth-order valence-electron chi connectivity index (χ4n) is 3.45. The van der Waals surface area contributed by atoms with Gasteiger partial charge in [-0.1, -0.05) is 17.2 Å². The first-order valence-corrected chi connectivity index (χ1v) is 8.33. The Morgan fingerprint density at radius 1 is 1.17 bits per heavy atom. The Hall–Kier alpha value is -2.17. The molecular formula is C18H24N4O. The fourth-order valence-corrected chi connectivity index (χ4v) is 3.45. The van der Waals surface area contributed by atoms with Crippen molar-refractivity contribution < 1.29 is 4.79 Å². The van der Waals surface area contributed by atoms with Crippen molar-refractivity contribution >= 4 is 5.91 Å². The minimum absolute atomic E-state index is 0.146. The molecule has 1 saturated heterocycles.